The second-order valence-electron chi connectivity index (χ2n) is 6.99. The van der Waals surface area contributed by atoms with Crippen LogP contribution >= 0.6 is 0 Å². The predicted molar refractivity (Wildman–Crippen MR) is 112 cm³/mol. The summed E-state index contributed by atoms with van der Waals surface area (Å²) in [7, 11) is 3.47. The maximum atomic E-state index is 13.4. The third kappa shape index (κ3) is 5.90. The van der Waals surface area contributed by atoms with E-state index in [1.807, 2.05) is 72.6 Å². The van der Waals surface area contributed by atoms with Crippen molar-refractivity contribution in [2.45, 2.75) is 12.6 Å². The summed E-state index contributed by atoms with van der Waals surface area (Å²) in [6.07, 6.45) is 0. The van der Waals surface area contributed by atoms with Gasteiger partial charge in [0.1, 0.15) is 11.6 Å². The van der Waals surface area contributed by atoms with Crippen molar-refractivity contribution in [3.63, 3.8) is 0 Å². The van der Waals surface area contributed by atoms with Gasteiger partial charge in [0.25, 0.3) is 0 Å². The molecule has 0 unspecified atom stereocenters. The van der Waals surface area contributed by atoms with Crippen LogP contribution in [0, 0.1) is 5.82 Å². The molecule has 0 aromatic heterocycles. The van der Waals surface area contributed by atoms with Gasteiger partial charge in [0.05, 0.1) is 19.7 Å². The molecule has 0 saturated heterocycles. The largest absolute Gasteiger partial charge is 0.497 e. The zero-order valence-electron chi connectivity index (χ0n) is 16.6. The first-order valence-corrected chi connectivity index (χ1v) is 9.46. The maximum absolute atomic E-state index is 13.4. The molecular formula is C24H25FN2O2. The number of hydrogen-bond donors (Lipinski definition) is 1. The summed E-state index contributed by atoms with van der Waals surface area (Å²) in [5.74, 6) is 0.388. The number of likely N-dealkylation sites (N-methyl/N-ethyl adjacent to an activating group) is 1. The third-order valence-electron chi connectivity index (χ3n) is 4.64. The summed E-state index contributed by atoms with van der Waals surface area (Å²) in [5.41, 5.74) is 2.80. The molecule has 0 aliphatic carbocycles. The Morgan fingerprint density at radius 3 is 2.34 bits per heavy atom. The van der Waals surface area contributed by atoms with E-state index in [0.29, 0.717) is 6.54 Å². The number of carbonyl (C=O) groups is 1. The average Bonchev–Trinajstić information content (AvgIpc) is 2.72. The molecule has 5 heteroatoms. The Hall–Kier alpha value is -3.18. The van der Waals surface area contributed by atoms with E-state index in [1.165, 1.54) is 12.1 Å². The van der Waals surface area contributed by atoms with Crippen molar-refractivity contribution < 1.29 is 13.9 Å². The summed E-state index contributed by atoms with van der Waals surface area (Å²) in [5, 5.41) is 3.12. The lowest BCUT2D eigenvalue weighted by molar-refractivity contribution is -0.122. The van der Waals surface area contributed by atoms with Crippen LogP contribution in [0.5, 0.6) is 5.75 Å². The summed E-state index contributed by atoms with van der Waals surface area (Å²) in [6, 6.07) is 23.7. The second kappa shape index (κ2) is 9.85. The fourth-order valence-electron chi connectivity index (χ4n) is 3.26. The van der Waals surface area contributed by atoms with Crippen LogP contribution in [0.15, 0.2) is 78.9 Å². The molecule has 0 fully saturated rings. The third-order valence-corrected chi connectivity index (χ3v) is 4.64. The van der Waals surface area contributed by atoms with Crippen LogP contribution in [0.4, 0.5) is 4.39 Å². The second-order valence-corrected chi connectivity index (χ2v) is 6.99. The van der Waals surface area contributed by atoms with Crippen molar-refractivity contribution in [2.24, 2.45) is 0 Å². The van der Waals surface area contributed by atoms with Gasteiger partial charge in [-0.2, -0.15) is 0 Å². The molecular weight excluding hydrogens is 367 g/mol. The number of nitrogens with one attached hydrogen (secondary N) is 1. The minimum absolute atomic E-state index is 0.103. The fourth-order valence-corrected chi connectivity index (χ4v) is 3.26. The molecule has 1 atom stereocenters. The van der Waals surface area contributed by atoms with Crippen LogP contribution in [0.1, 0.15) is 22.7 Å². The lowest BCUT2D eigenvalue weighted by Gasteiger charge is -2.22. The van der Waals surface area contributed by atoms with E-state index in [9.17, 15) is 9.18 Å². The normalized spacial score (nSPS) is 11.9. The molecule has 0 saturated carbocycles. The summed E-state index contributed by atoms with van der Waals surface area (Å²) in [4.78, 5) is 14.6. The Balaban J connectivity index is 1.70. The van der Waals surface area contributed by atoms with Crippen molar-refractivity contribution in [3.05, 3.63) is 101 Å². The number of ether oxygens (including phenoxy) is 1. The molecule has 0 heterocycles. The lowest BCUT2D eigenvalue weighted by Crippen LogP contribution is -2.37. The molecule has 1 amide bonds. The van der Waals surface area contributed by atoms with Crippen LogP contribution < -0.4 is 10.1 Å². The number of methoxy groups -OCH3 is 1. The van der Waals surface area contributed by atoms with E-state index in [0.717, 1.165) is 22.4 Å². The van der Waals surface area contributed by atoms with E-state index in [-0.39, 0.29) is 24.3 Å². The van der Waals surface area contributed by atoms with E-state index in [1.54, 1.807) is 13.2 Å². The highest BCUT2D eigenvalue weighted by Gasteiger charge is 2.18. The smallest absolute Gasteiger partial charge is 0.234 e. The molecule has 0 aliphatic rings. The Bertz CT molecular complexity index is 929. The van der Waals surface area contributed by atoms with Crippen molar-refractivity contribution in [3.8, 4) is 5.75 Å². The van der Waals surface area contributed by atoms with Gasteiger partial charge < -0.3 is 10.1 Å². The van der Waals surface area contributed by atoms with Gasteiger partial charge in [-0.05, 0) is 48.0 Å². The van der Waals surface area contributed by atoms with Gasteiger partial charge in [-0.3, -0.25) is 9.69 Å². The highest BCUT2D eigenvalue weighted by Crippen LogP contribution is 2.24. The molecule has 0 radical (unpaired) electrons. The first-order valence-electron chi connectivity index (χ1n) is 9.46. The topological polar surface area (TPSA) is 41.6 Å². The first kappa shape index (κ1) is 20.6. The van der Waals surface area contributed by atoms with Crippen LogP contribution in [0.2, 0.25) is 0 Å². The van der Waals surface area contributed by atoms with E-state index < -0.39 is 0 Å². The van der Waals surface area contributed by atoms with Gasteiger partial charge >= 0.3 is 0 Å². The fraction of sp³-hybridized carbons (Fsp3) is 0.208. The molecule has 1 N–H and O–H groups in total. The molecule has 3 aromatic carbocycles. The monoisotopic (exact) mass is 392 g/mol. The zero-order valence-corrected chi connectivity index (χ0v) is 16.6. The average molecular weight is 392 g/mol. The van der Waals surface area contributed by atoms with Crippen LogP contribution in [-0.2, 0) is 11.3 Å². The highest BCUT2D eigenvalue weighted by molar-refractivity contribution is 5.79. The molecule has 3 aromatic rings. The number of amides is 1. The van der Waals surface area contributed by atoms with Crippen LogP contribution in [-0.4, -0.2) is 31.5 Å². The molecule has 0 bridgehead atoms. The van der Waals surface area contributed by atoms with E-state index >= 15 is 0 Å². The maximum Gasteiger partial charge on any atom is 0.234 e. The van der Waals surface area contributed by atoms with Gasteiger partial charge in [-0.1, -0.05) is 54.6 Å². The van der Waals surface area contributed by atoms with Gasteiger partial charge in [0.2, 0.25) is 5.91 Å². The summed E-state index contributed by atoms with van der Waals surface area (Å²) in [6.45, 7) is 0.694. The van der Waals surface area contributed by atoms with Crippen LogP contribution in [0.25, 0.3) is 0 Å². The predicted octanol–water partition coefficient (Wildman–Crippen LogP) is 4.17. The van der Waals surface area contributed by atoms with Gasteiger partial charge in [0, 0.05) is 6.54 Å². The summed E-state index contributed by atoms with van der Waals surface area (Å²) < 4.78 is 18.6. The van der Waals surface area contributed by atoms with Crippen molar-refractivity contribution in [1.29, 1.82) is 0 Å². The summed E-state index contributed by atoms with van der Waals surface area (Å²) >= 11 is 0. The molecule has 150 valence electrons. The molecule has 3 rings (SSSR count). The molecule has 0 aliphatic heterocycles. The van der Waals surface area contributed by atoms with E-state index in [2.05, 4.69) is 5.32 Å². The van der Waals surface area contributed by atoms with Crippen LogP contribution in [0.3, 0.4) is 0 Å². The number of rotatable bonds is 8. The number of nitrogens with zero attached hydrogens (tertiary/aromatic N) is 1. The minimum Gasteiger partial charge on any atom is -0.497 e. The Morgan fingerprint density at radius 2 is 1.69 bits per heavy atom. The number of halogens is 1. The van der Waals surface area contributed by atoms with Gasteiger partial charge in [-0.25, -0.2) is 4.39 Å². The molecule has 4 nitrogen and oxygen atoms in total. The number of hydrogen-bond acceptors (Lipinski definition) is 3. The van der Waals surface area contributed by atoms with Crippen molar-refractivity contribution in [2.75, 3.05) is 20.7 Å². The van der Waals surface area contributed by atoms with Crippen molar-refractivity contribution in [1.82, 2.24) is 10.2 Å². The SMILES string of the molecule is COc1ccc([C@H](NC(=O)CN(C)Cc2cccc(F)c2)c2ccccc2)cc1. The van der Waals surface area contributed by atoms with Crippen molar-refractivity contribution >= 4 is 5.91 Å². The standard InChI is InChI=1S/C24H25FN2O2/c1-27(16-18-7-6-10-21(25)15-18)17-23(28)26-24(19-8-4-3-5-9-19)20-11-13-22(29-2)14-12-20/h3-15,24H,16-17H2,1-2H3,(H,26,28)/t24-/m1/s1. The van der Waals surface area contributed by atoms with E-state index in [4.69, 9.17) is 4.74 Å². The minimum atomic E-state index is -0.274. The Labute approximate surface area is 170 Å². The molecule has 0 spiro atoms. The Kier molecular flexibility index (Phi) is 6.98. The van der Waals surface area contributed by atoms with Gasteiger partial charge in [-0.15, -0.1) is 0 Å². The first-order chi connectivity index (χ1) is 14.0. The van der Waals surface area contributed by atoms with Gasteiger partial charge in [0.15, 0.2) is 0 Å². The zero-order chi connectivity index (χ0) is 20.6. The quantitative estimate of drug-likeness (QED) is 0.626. The molecule has 29 heavy (non-hydrogen) atoms. The number of carbonyl (C=O) groups excluding carboxylic acids is 1. The lowest BCUT2D eigenvalue weighted by atomic mass is 9.98. The Morgan fingerprint density at radius 1 is 1.00 bits per heavy atom. The number of benzene rings is 3. The highest BCUT2D eigenvalue weighted by atomic mass is 19.1.